The van der Waals surface area contributed by atoms with Crippen molar-refractivity contribution in [1.82, 2.24) is 25.6 Å². The molecular formula is C13H13N5O. The lowest BCUT2D eigenvalue weighted by molar-refractivity contribution is 0.868. The van der Waals surface area contributed by atoms with Crippen molar-refractivity contribution in [2.45, 2.75) is 19.8 Å². The molecule has 0 spiro atoms. The summed E-state index contributed by atoms with van der Waals surface area (Å²) in [5, 5.41) is 13.6. The highest BCUT2D eigenvalue weighted by atomic mass is 16.1. The van der Waals surface area contributed by atoms with Crippen LogP contribution in [0.4, 0.5) is 0 Å². The summed E-state index contributed by atoms with van der Waals surface area (Å²) in [4.78, 5) is 14.9. The van der Waals surface area contributed by atoms with Gasteiger partial charge >= 0.3 is 0 Å². The first-order valence-corrected chi connectivity index (χ1v) is 6.06. The molecule has 6 nitrogen and oxygen atoms in total. The smallest absolute Gasteiger partial charge is 0.260 e. The predicted octanol–water partition coefficient (Wildman–Crippen LogP) is 1.78. The Hall–Kier alpha value is -2.50. The van der Waals surface area contributed by atoms with Crippen molar-refractivity contribution < 1.29 is 0 Å². The highest BCUT2D eigenvalue weighted by Crippen LogP contribution is 2.29. The summed E-state index contributed by atoms with van der Waals surface area (Å²) in [6.45, 7) is 4.23. The van der Waals surface area contributed by atoms with Gasteiger partial charge in [0.1, 0.15) is 0 Å². The first-order chi connectivity index (χ1) is 9.16. The van der Waals surface area contributed by atoms with E-state index in [1.165, 1.54) is 0 Å². The van der Waals surface area contributed by atoms with Crippen molar-refractivity contribution in [3.05, 3.63) is 40.2 Å². The number of rotatable bonds is 2. The molecule has 0 amide bonds. The largest absolute Gasteiger partial charge is 0.321 e. The van der Waals surface area contributed by atoms with E-state index < -0.39 is 0 Å². The molecule has 0 radical (unpaired) electrons. The molecule has 19 heavy (non-hydrogen) atoms. The average Bonchev–Trinajstić information content (AvgIpc) is 2.91. The molecule has 0 unspecified atom stereocenters. The van der Waals surface area contributed by atoms with Gasteiger partial charge in [-0.2, -0.15) is 5.21 Å². The van der Waals surface area contributed by atoms with Crippen molar-refractivity contribution in [3.63, 3.8) is 0 Å². The topological polar surface area (TPSA) is 87.3 Å². The summed E-state index contributed by atoms with van der Waals surface area (Å²) >= 11 is 0. The molecule has 2 aliphatic rings. The minimum Gasteiger partial charge on any atom is -0.321 e. The summed E-state index contributed by atoms with van der Waals surface area (Å²) in [5.41, 5.74) is 3.01. The lowest BCUT2D eigenvalue weighted by Gasteiger charge is -2.01. The predicted molar refractivity (Wildman–Crippen MR) is 70.9 cm³/mol. The maximum atomic E-state index is 12.0. The van der Waals surface area contributed by atoms with E-state index in [9.17, 15) is 4.79 Å². The Morgan fingerprint density at radius 2 is 2.11 bits per heavy atom. The van der Waals surface area contributed by atoms with Crippen LogP contribution in [0, 0.1) is 0 Å². The van der Waals surface area contributed by atoms with Gasteiger partial charge in [-0.05, 0) is 22.8 Å². The Morgan fingerprint density at radius 1 is 1.26 bits per heavy atom. The second-order valence-corrected chi connectivity index (χ2v) is 4.72. The van der Waals surface area contributed by atoms with Crippen LogP contribution in [0.3, 0.4) is 0 Å². The number of hydrogen-bond acceptors (Lipinski definition) is 4. The second-order valence-electron chi connectivity index (χ2n) is 4.72. The third kappa shape index (κ3) is 1.91. The lowest BCUT2D eigenvalue weighted by Crippen LogP contribution is -2.01. The van der Waals surface area contributed by atoms with Crippen molar-refractivity contribution in [1.29, 1.82) is 0 Å². The van der Waals surface area contributed by atoms with Crippen LogP contribution in [-0.4, -0.2) is 25.6 Å². The van der Waals surface area contributed by atoms with Gasteiger partial charge in [-0.1, -0.05) is 32.0 Å². The third-order valence-electron chi connectivity index (χ3n) is 3.13. The summed E-state index contributed by atoms with van der Waals surface area (Å²) in [5.74, 6) is 0.705. The quantitative estimate of drug-likeness (QED) is 0.730. The molecule has 0 aromatic carbocycles. The van der Waals surface area contributed by atoms with Gasteiger partial charge in [0.15, 0.2) is 0 Å². The van der Waals surface area contributed by atoms with E-state index in [2.05, 4.69) is 39.5 Å². The molecule has 1 aromatic heterocycles. The molecule has 0 bridgehead atoms. The Balaban J connectivity index is 2.26. The number of H-pyrrole nitrogens is 2. The van der Waals surface area contributed by atoms with Crippen LogP contribution >= 0.6 is 0 Å². The fourth-order valence-electron chi connectivity index (χ4n) is 2.12. The van der Waals surface area contributed by atoms with Crippen LogP contribution in [0.2, 0.25) is 0 Å². The van der Waals surface area contributed by atoms with E-state index in [0.29, 0.717) is 17.3 Å². The Morgan fingerprint density at radius 3 is 2.79 bits per heavy atom. The zero-order valence-corrected chi connectivity index (χ0v) is 10.6. The average molecular weight is 255 g/mol. The van der Waals surface area contributed by atoms with Gasteiger partial charge in [0.25, 0.3) is 5.56 Å². The zero-order chi connectivity index (χ0) is 13.4. The van der Waals surface area contributed by atoms with Crippen LogP contribution in [0.15, 0.2) is 29.1 Å². The number of aromatic nitrogens is 5. The number of aromatic amines is 2. The van der Waals surface area contributed by atoms with E-state index in [4.69, 9.17) is 0 Å². The van der Waals surface area contributed by atoms with Gasteiger partial charge in [0, 0.05) is 11.3 Å². The highest BCUT2D eigenvalue weighted by Gasteiger charge is 2.19. The van der Waals surface area contributed by atoms with E-state index in [1.807, 2.05) is 24.3 Å². The molecule has 6 heteroatoms. The maximum absolute atomic E-state index is 12.0. The summed E-state index contributed by atoms with van der Waals surface area (Å²) in [6, 6.07) is 7.87. The van der Waals surface area contributed by atoms with Gasteiger partial charge in [-0.3, -0.25) is 4.79 Å². The Kier molecular flexibility index (Phi) is 2.63. The van der Waals surface area contributed by atoms with Crippen LogP contribution in [0.25, 0.3) is 22.6 Å². The first kappa shape index (κ1) is 11.6. The summed E-state index contributed by atoms with van der Waals surface area (Å²) < 4.78 is 0. The van der Waals surface area contributed by atoms with Gasteiger partial charge in [0.2, 0.25) is 5.82 Å². The second kappa shape index (κ2) is 4.31. The number of tetrazole rings is 1. The molecule has 3 rings (SSSR count). The maximum Gasteiger partial charge on any atom is 0.260 e. The molecule has 0 saturated heterocycles. The molecule has 1 aromatic rings. The van der Waals surface area contributed by atoms with Crippen molar-refractivity contribution in [3.8, 4) is 22.6 Å². The Labute approximate surface area is 109 Å². The summed E-state index contributed by atoms with van der Waals surface area (Å²) in [7, 11) is 0. The van der Waals surface area contributed by atoms with Crippen molar-refractivity contribution in [2.24, 2.45) is 0 Å². The normalized spacial score (nSPS) is 11.3. The fourth-order valence-corrected chi connectivity index (χ4v) is 2.12. The number of fused-ring (bicyclic) bond motifs is 1. The molecule has 1 aliphatic carbocycles. The zero-order valence-electron chi connectivity index (χ0n) is 10.6. The lowest BCUT2D eigenvalue weighted by atomic mass is 10.0. The molecule has 0 fully saturated rings. The molecule has 96 valence electrons. The minimum absolute atomic E-state index is 0.197. The van der Waals surface area contributed by atoms with Crippen LogP contribution in [0.1, 0.15) is 25.3 Å². The number of nitrogens with one attached hydrogen (secondary N) is 2. The van der Waals surface area contributed by atoms with Crippen LogP contribution in [-0.2, 0) is 0 Å². The van der Waals surface area contributed by atoms with Crippen molar-refractivity contribution >= 4 is 0 Å². The third-order valence-corrected chi connectivity index (χ3v) is 3.13. The van der Waals surface area contributed by atoms with Gasteiger partial charge in [0.05, 0.1) is 5.56 Å². The van der Waals surface area contributed by atoms with E-state index >= 15 is 0 Å². The molecule has 0 atom stereocenters. The van der Waals surface area contributed by atoms with Gasteiger partial charge in [-0.15, -0.1) is 10.2 Å². The molecule has 2 N–H and O–H groups in total. The molecule has 1 aliphatic heterocycles. The van der Waals surface area contributed by atoms with E-state index in [1.54, 1.807) is 0 Å². The molecular weight excluding hydrogens is 242 g/mol. The standard InChI is InChI=1S/C13H13N5O/c1-7(2)8-4-3-5-9-10(6-8)14-13(19)11(9)12-15-17-18-16-12/h3-7H,1-2H3,(H,14,19)(H,15,16,17,18). The van der Waals surface area contributed by atoms with E-state index in [-0.39, 0.29) is 5.56 Å². The van der Waals surface area contributed by atoms with Crippen LogP contribution in [0.5, 0.6) is 0 Å². The Bertz CT molecular complexity index is 729. The van der Waals surface area contributed by atoms with Crippen molar-refractivity contribution in [2.75, 3.05) is 0 Å². The molecule has 0 saturated carbocycles. The minimum atomic E-state index is -0.197. The van der Waals surface area contributed by atoms with E-state index in [0.717, 1.165) is 16.8 Å². The SMILES string of the molecule is CC(C)c1cccc2c(-c3nn[nH]n3)c(=O)[nH]c-2c1. The monoisotopic (exact) mass is 255 g/mol. The summed E-state index contributed by atoms with van der Waals surface area (Å²) in [6.07, 6.45) is 0. The number of hydrogen-bond donors (Lipinski definition) is 2. The fraction of sp³-hybridized carbons (Fsp3) is 0.231. The van der Waals surface area contributed by atoms with Gasteiger partial charge < -0.3 is 4.98 Å². The van der Waals surface area contributed by atoms with Crippen LogP contribution < -0.4 is 5.56 Å². The highest BCUT2D eigenvalue weighted by molar-refractivity contribution is 5.79. The first-order valence-electron chi connectivity index (χ1n) is 6.06. The molecule has 2 heterocycles. The number of nitrogens with zero attached hydrogens (tertiary/aromatic N) is 3. The van der Waals surface area contributed by atoms with Gasteiger partial charge in [-0.25, -0.2) is 0 Å².